The van der Waals surface area contributed by atoms with Gasteiger partial charge in [-0.2, -0.15) is 0 Å². The molecule has 0 spiro atoms. The van der Waals surface area contributed by atoms with Gasteiger partial charge in [0.1, 0.15) is 0 Å². The van der Waals surface area contributed by atoms with Crippen LogP contribution in [-0.2, 0) is 10.0 Å². The molecule has 1 saturated heterocycles. The summed E-state index contributed by atoms with van der Waals surface area (Å²) in [6, 6.07) is 8.24. The Kier molecular flexibility index (Phi) is 3.94. The number of sulfonamides is 1. The zero-order valence-electron chi connectivity index (χ0n) is 12.5. The van der Waals surface area contributed by atoms with Crippen molar-refractivity contribution in [1.29, 1.82) is 0 Å². The monoisotopic (exact) mass is 309 g/mol. The number of hydrogen-bond donors (Lipinski definition) is 2. The van der Waals surface area contributed by atoms with E-state index in [4.69, 9.17) is 0 Å². The van der Waals surface area contributed by atoms with Gasteiger partial charge in [0.15, 0.2) is 0 Å². The van der Waals surface area contributed by atoms with Crippen LogP contribution in [0.2, 0.25) is 0 Å². The summed E-state index contributed by atoms with van der Waals surface area (Å²) in [4.78, 5) is 2.68. The molecular weight excluding hydrogens is 286 g/mol. The van der Waals surface area contributed by atoms with Crippen LogP contribution in [0.1, 0.15) is 26.7 Å². The van der Waals surface area contributed by atoms with E-state index in [0.29, 0.717) is 17.0 Å². The SMILES string of the molecule is CC1CN(c2ccc(S(=O)(=O)NC3CC3)cc2)C(C)CN1. The van der Waals surface area contributed by atoms with Crippen molar-refractivity contribution in [1.82, 2.24) is 10.0 Å². The largest absolute Gasteiger partial charge is 0.366 e. The molecule has 1 saturated carbocycles. The zero-order chi connectivity index (χ0) is 15.0. The van der Waals surface area contributed by atoms with Crippen LogP contribution in [-0.4, -0.2) is 39.6 Å². The normalized spacial score (nSPS) is 26.9. The second kappa shape index (κ2) is 5.59. The summed E-state index contributed by atoms with van der Waals surface area (Å²) in [6.07, 6.45) is 1.90. The van der Waals surface area contributed by atoms with Gasteiger partial charge < -0.3 is 10.2 Å². The van der Waals surface area contributed by atoms with Crippen LogP contribution in [0.15, 0.2) is 29.2 Å². The van der Waals surface area contributed by atoms with Crippen molar-refractivity contribution >= 4 is 15.7 Å². The van der Waals surface area contributed by atoms with Crippen molar-refractivity contribution in [3.8, 4) is 0 Å². The molecule has 2 N–H and O–H groups in total. The lowest BCUT2D eigenvalue weighted by atomic mass is 10.1. The van der Waals surface area contributed by atoms with Crippen molar-refractivity contribution in [2.45, 2.75) is 49.7 Å². The molecular formula is C15H23N3O2S. The molecule has 0 radical (unpaired) electrons. The molecule has 1 aliphatic carbocycles. The summed E-state index contributed by atoms with van der Waals surface area (Å²) in [6.45, 7) is 6.23. The van der Waals surface area contributed by atoms with Crippen molar-refractivity contribution in [3.63, 3.8) is 0 Å². The Bertz CT molecular complexity index is 596. The molecule has 0 bridgehead atoms. The van der Waals surface area contributed by atoms with Gasteiger partial charge in [-0.1, -0.05) is 0 Å². The first-order valence-electron chi connectivity index (χ1n) is 7.58. The van der Waals surface area contributed by atoms with Gasteiger partial charge in [0.05, 0.1) is 4.90 Å². The third-order valence-electron chi connectivity index (χ3n) is 4.14. The number of nitrogens with zero attached hydrogens (tertiary/aromatic N) is 1. The van der Waals surface area contributed by atoms with E-state index in [1.54, 1.807) is 12.1 Å². The molecule has 5 nitrogen and oxygen atoms in total. The highest BCUT2D eigenvalue weighted by molar-refractivity contribution is 7.89. The van der Waals surface area contributed by atoms with Crippen LogP contribution in [0.3, 0.4) is 0 Å². The second-order valence-corrected chi connectivity index (χ2v) is 7.91. The van der Waals surface area contributed by atoms with Crippen molar-refractivity contribution in [3.05, 3.63) is 24.3 Å². The summed E-state index contributed by atoms with van der Waals surface area (Å²) in [5.74, 6) is 0. The Morgan fingerprint density at radius 3 is 2.48 bits per heavy atom. The molecule has 116 valence electrons. The predicted molar refractivity (Wildman–Crippen MR) is 84.1 cm³/mol. The molecule has 2 atom stereocenters. The number of benzene rings is 1. The highest BCUT2D eigenvalue weighted by Gasteiger charge is 2.28. The molecule has 0 aromatic heterocycles. The van der Waals surface area contributed by atoms with E-state index >= 15 is 0 Å². The average Bonchev–Trinajstić information content (AvgIpc) is 3.25. The maximum atomic E-state index is 12.2. The maximum absolute atomic E-state index is 12.2. The first-order chi connectivity index (χ1) is 9.95. The van der Waals surface area contributed by atoms with Crippen molar-refractivity contribution in [2.24, 2.45) is 0 Å². The molecule has 1 aromatic rings. The maximum Gasteiger partial charge on any atom is 0.240 e. The van der Waals surface area contributed by atoms with Crippen LogP contribution >= 0.6 is 0 Å². The lowest BCUT2D eigenvalue weighted by Crippen LogP contribution is -2.54. The van der Waals surface area contributed by atoms with Gasteiger partial charge in [0.2, 0.25) is 10.0 Å². The number of nitrogens with one attached hydrogen (secondary N) is 2. The molecule has 2 fully saturated rings. The number of hydrogen-bond acceptors (Lipinski definition) is 4. The molecule has 1 heterocycles. The van der Waals surface area contributed by atoms with Crippen molar-refractivity contribution in [2.75, 3.05) is 18.0 Å². The molecule has 0 amide bonds. The minimum atomic E-state index is -3.35. The minimum absolute atomic E-state index is 0.142. The van der Waals surface area contributed by atoms with Gasteiger partial charge in [-0.3, -0.25) is 0 Å². The quantitative estimate of drug-likeness (QED) is 0.880. The fourth-order valence-electron chi connectivity index (χ4n) is 2.69. The first kappa shape index (κ1) is 14.8. The van der Waals surface area contributed by atoms with Gasteiger partial charge in [-0.05, 0) is 51.0 Å². The van der Waals surface area contributed by atoms with Crippen LogP contribution in [0.25, 0.3) is 0 Å². The van der Waals surface area contributed by atoms with Crippen molar-refractivity contribution < 1.29 is 8.42 Å². The molecule has 6 heteroatoms. The van der Waals surface area contributed by atoms with E-state index in [1.165, 1.54) is 0 Å². The smallest absolute Gasteiger partial charge is 0.240 e. The second-order valence-electron chi connectivity index (χ2n) is 6.20. The summed E-state index contributed by atoms with van der Waals surface area (Å²) < 4.78 is 27.0. The Hall–Kier alpha value is -1.11. The topological polar surface area (TPSA) is 61.4 Å². The number of piperazine rings is 1. The van der Waals surface area contributed by atoms with Gasteiger partial charge in [-0.15, -0.1) is 0 Å². The van der Waals surface area contributed by atoms with E-state index in [2.05, 4.69) is 28.8 Å². The molecule has 1 aromatic carbocycles. The fraction of sp³-hybridized carbons (Fsp3) is 0.600. The van der Waals surface area contributed by atoms with Gasteiger partial charge in [0.25, 0.3) is 0 Å². The molecule has 3 rings (SSSR count). The lowest BCUT2D eigenvalue weighted by molar-refractivity contribution is 0.425. The molecule has 2 aliphatic rings. The number of anilines is 1. The highest BCUT2D eigenvalue weighted by atomic mass is 32.2. The zero-order valence-corrected chi connectivity index (χ0v) is 13.4. The fourth-order valence-corrected chi connectivity index (χ4v) is 3.99. The summed E-state index contributed by atoms with van der Waals surface area (Å²) >= 11 is 0. The molecule has 2 unspecified atom stereocenters. The Balaban J connectivity index is 1.77. The van der Waals surface area contributed by atoms with E-state index in [-0.39, 0.29) is 6.04 Å². The van der Waals surface area contributed by atoms with Gasteiger partial charge >= 0.3 is 0 Å². The third-order valence-corrected chi connectivity index (χ3v) is 5.68. The van der Waals surface area contributed by atoms with E-state index in [9.17, 15) is 8.42 Å². The van der Waals surface area contributed by atoms with Gasteiger partial charge in [-0.25, -0.2) is 13.1 Å². The Labute approximate surface area is 126 Å². The van der Waals surface area contributed by atoms with Crippen LogP contribution < -0.4 is 14.9 Å². The average molecular weight is 309 g/mol. The predicted octanol–water partition coefficient (Wildman–Crippen LogP) is 1.31. The summed E-state index contributed by atoms with van der Waals surface area (Å²) in [5, 5.41) is 3.45. The first-order valence-corrected chi connectivity index (χ1v) is 9.06. The van der Waals surface area contributed by atoms with Crippen LogP contribution in [0.5, 0.6) is 0 Å². The lowest BCUT2D eigenvalue weighted by Gasteiger charge is -2.39. The summed E-state index contributed by atoms with van der Waals surface area (Å²) in [7, 11) is -3.35. The third kappa shape index (κ3) is 3.39. The number of rotatable bonds is 4. The Morgan fingerprint density at radius 1 is 1.19 bits per heavy atom. The molecule has 1 aliphatic heterocycles. The van der Waals surface area contributed by atoms with E-state index < -0.39 is 10.0 Å². The minimum Gasteiger partial charge on any atom is -0.366 e. The standard InChI is InChI=1S/C15H23N3O2S/c1-11-10-18(12(2)9-16-11)14-5-7-15(8-6-14)21(19,20)17-13-3-4-13/h5-8,11-13,16-17H,3-4,9-10H2,1-2H3. The van der Waals surface area contributed by atoms with E-state index in [0.717, 1.165) is 31.6 Å². The van der Waals surface area contributed by atoms with Crippen LogP contribution in [0.4, 0.5) is 5.69 Å². The highest BCUT2D eigenvalue weighted by Crippen LogP contribution is 2.25. The Morgan fingerprint density at radius 2 is 1.86 bits per heavy atom. The van der Waals surface area contributed by atoms with Gasteiger partial charge in [0, 0.05) is 36.9 Å². The summed E-state index contributed by atoms with van der Waals surface area (Å²) in [5.41, 5.74) is 1.08. The van der Waals surface area contributed by atoms with E-state index in [1.807, 2.05) is 12.1 Å². The molecule has 21 heavy (non-hydrogen) atoms. The van der Waals surface area contributed by atoms with Crippen LogP contribution in [0, 0.1) is 0 Å².